The average molecular weight is 175 g/mol. The van der Waals surface area contributed by atoms with Gasteiger partial charge in [0.1, 0.15) is 17.7 Å². The first-order valence-electron chi connectivity index (χ1n) is 3.85. The first kappa shape index (κ1) is 9.57. The Morgan fingerprint density at radius 1 is 1.67 bits per heavy atom. The molecule has 0 radical (unpaired) electrons. The Morgan fingerprint density at radius 2 is 2.25 bits per heavy atom. The highest BCUT2D eigenvalue weighted by atomic mass is 16.5. The van der Waals surface area contributed by atoms with Crippen LogP contribution in [0.25, 0.3) is 0 Å². The van der Waals surface area contributed by atoms with Crippen molar-refractivity contribution in [3.05, 3.63) is 4.91 Å². The first-order chi connectivity index (χ1) is 5.54. The van der Waals surface area contributed by atoms with Crippen molar-refractivity contribution < 1.29 is 14.9 Å². The summed E-state index contributed by atoms with van der Waals surface area (Å²) in [6, 6.07) is -0.797. The van der Waals surface area contributed by atoms with E-state index in [0.29, 0.717) is 0 Å². The summed E-state index contributed by atoms with van der Waals surface area (Å²) in [6.45, 7) is 2.79. The van der Waals surface area contributed by atoms with Gasteiger partial charge in [-0.2, -0.15) is 4.91 Å². The van der Waals surface area contributed by atoms with Crippen LogP contribution in [0.4, 0.5) is 0 Å². The van der Waals surface area contributed by atoms with E-state index in [-0.39, 0.29) is 6.61 Å². The van der Waals surface area contributed by atoms with Crippen molar-refractivity contribution in [1.29, 1.82) is 0 Å². The van der Waals surface area contributed by atoms with Gasteiger partial charge in [-0.05, 0) is 13.8 Å². The van der Waals surface area contributed by atoms with Gasteiger partial charge in [0.25, 0.3) is 0 Å². The topological polar surface area (TPSA) is 79.1 Å². The van der Waals surface area contributed by atoms with Crippen LogP contribution in [0.1, 0.15) is 13.8 Å². The molecule has 0 aromatic heterocycles. The minimum absolute atomic E-state index is 0.302. The number of hydrogen-bond acceptors (Lipinski definition) is 5. The van der Waals surface area contributed by atoms with E-state index in [9.17, 15) is 10.0 Å². The summed E-state index contributed by atoms with van der Waals surface area (Å²) in [4.78, 5) is 10.3. The zero-order valence-corrected chi connectivity index (χ0v) is 7.10. The van der Waals surface area contributed by atoms with Crippen LogP contribution in [-0.2, 0) is 4.74 Å². The van der Waals surface area contributed by atoms with E-state index in [1.807, 2.05) is 0 Å². The molecule has 5 heteroatoms. The molecule has 0 aliphatic carbocycles. The van der Waals surface area contributed by atoms with E-state index in [4.69, 9.17) is 9.84 Å². The third-order valence-electron chi connectivity index (χ3n) is 2.35. The number of aliphatic hydroxyl groups is 2. The second-order valence-corrected chi connectivity index (χ2v) is 3.29. The van der Waals surface area contributed by atoms with Crippen molar-refractivity contribution in [2.75, 3.05) is 6.61 Å². The molecule has 0 amide bonds. The molecule has 0 aromatic carbocycles. The largest absolute Gasteiger partial charge is 0.394 e. The Morgan fingerprint density at radius 3 is 2.50 bits per heavy atom. The molecule has 70 valence electrons. The van der Waals surface area contributed by atoms with Gasteiger partial charge in [-0.15, -0.1) is 0 Å². The lowest BCUT2D eigenvalue weighted by Gasteiger charge is -2.23. The monoisotopic (exact) mass is 175 g/mol. The second-order valence-electron chi connectivity index (χ2n) is 3.29. The summed E-state index contributed by atoms with van der Waals surface area (Å²) < 4.78 is 5.14. The maximum atomic E-state index is 10.3. The molecule has 12 heavy (non-hydrogen) atoms. The zero-order chi connectivity index (χ0) is 9.35. The van der Waals surface area contributed by atoms with Gasteiger partial charge in [0.05, 0.1) is 12.7 Å². The normalized spacial score (nSPS) is 47.8. The number of ether oxygens (including phenoxy) is 1. The van der Waals surface area contributed by atoms with E-state index >= 15 is 0 Å². The van der Waals surface area contributed by atoms with Crippen LogP contribution in [0.15, 0.2) is 5.18 Å². The van der Waals surface area contributed by atoms with Crippen LogP contribution >= 0.6 is 0 Å². The third-order valence-corrected chi connectivity index (χ3v) is 2.35. The Labute approximate surface area is 70.3 Å². The van der Waals surface area contributed by atoms with Crippen LogP contribution in [0.2, 0.25) is 0 Å². The van der Waals surface area contributed by atoms with E-state index in [1.54, 1.807) is 6.92 Å². The molecule has 0 spiro atoms. The SMILES string of the molecule is C[C@@H]1O[C@H](CO)[C@@](C)(O)[C@H]1N=O. The minimum atomic E-state index is -1.35. The van der Waals surface area contributed by atoms with Crippen LogP contribution in [0.5, 0.6) is 0 Å². The summed E-state index contributed by atoms with van der Waals surface area (Å²) in [5, 5.41) is 21.3. The maximum Gasteiger partial charge on any atom is 0.149 e. The van der Waals surface area contributed by atoms with Gasteiger partial charge in [-0.1, -0.05) is 5.18 Å². The summed E-state index contributed by atoms with van der Waals surface area (Å²) in [5.74, 6) is 0. The molecular weight excluding hydrogens is 162 g/mol. The molecule has 4 atom stereocenters. The molecule has 5 nitrogen and oxygen atoms in total. The fourth-order valence-electron chi connectivity index (χ4n) is 1.56. The molecule has 0 saturated carbocycles. The van der Waals surface area contributed by atoms with Gasteiger partial charge in [0.15, 0.2) is 0 Å². The second kappa shape index (κ2) is 3.08. The van der Waals surface area contributed by atoms with E-state index in [0.717, 1.165) is 0 Å². The number of aliphatic hydroxyl groups excluding tert-OH is 1. The van der Waals surface area contributed by atoms with Crippen molar-refractivity contribution in [3.8, 4) is 0 Å². The molecule has 0 unspecified atom stereocenters. The lowest BCUT2D eigenvalue weighted by atomic mass is 9.92. The van der Waals surface area contributed by atoms with E-state index < -0.39 is 23.9 Å². The lowest BCUT2D eigenvalue weighted by Crippen LogP contribution is -2.45. The van der Waals surface area contributed by atoms with Gasteiger partial charge < -0.3 is 14.9 Å². The molecule has 1 aliphatic heterocycles. The van der Waals surface area contributed by atoms with E-state index in [1.165, 1.54) is 6.92 Å². The predicted molar refractivity (Wildman–Crippen MR) is 41.6 cm³/mol. The minimum Gasteiger partial charge on any atom is -0.394 e. The summed E-state index contributed by atoms with van der Waals surface area (Å²) >= 11 is 0. The fourth-order valence-corrected chi connectivity index (χ4v) is 1.56. The zero-order valence-electron chi connectivity index (χ0n) is 7.10. The van der Waals surface area contributed by atoms with Crippen molar-refractivity contribution in [1.82, 2.24) is 0 Å². The highest BCUT2D eigenvalue weighted by Gasteiger charge is 2.51. The van der Waals surface area contributed by atoms with Gasteiger partial charge >= 0.3 is 0 Å². The molecule has 1 saturated heterocycles. The quantitative estimate of drug-likeness (QED) is 0.562. The highest BCUT2D eigenvalue weighted by Crippen LogP contribution is 2.32. The molecule has 2 N–H and O–H groups in total. The summed E-state index contributed by atoms with van der Waals surface area (Å²) in [7, 11) is 0. The Balaban J connectivity index is 2.83. The number of hydrogen-bond donors (Lipinski definition) is 2. The molecular formula is C7H13NO4. The lowest BCUT2D eigenvalue weighted by molar-refractivity contribution is -0.0616. The standard InChI is InChI=1S/C7H13NO4/c1-4-6(8-11)7(2,10)5(3-9)12-4/h4-6,9-10H,3H2,1-2H3/t4-,5+,6-,7+/m0/s1. The molecule has 1 heterocycles. The smallest absolute Gasteiger partial charge is 0.149 e. The number of rotatable bonds is 2. The third kappa shape index (κ3) is 1.24. The van der Waals surface area contributed by atoms with Crippen molar-refractivity contribution >= 4 is 0 Å². The van der Waals surface area contributed by atoms with Crippen LogP contribution in [-0.4, -0.2) is 40.7 Å². The number of nitroso groups, excluding NO2 is 1. The van der Waals surface area contributed by atoms with Gasteiger partial charge in [-0.25, -0.2) is 0 Å². The van der Waals surface area contributed by atoms with Crippen molar-refractivity contribution in [3.63, 3.8) is 0 Å². The van der Waals surface area contributed by atoms with Crippen LogP contribution in [0.3, 0.4) is 0 Å². The molecule has 0 aromatic rings. The van der Waals surface area contributed by atoms with Gasteiger partial charge in [-0.3, -0.25) is 0 Å². The van der Waals surface area contributed by atoms with Crippen LogP contribution in [0, 0.1) is 4.91 Å². The number of nitrogens with zero attached hydrogens (tertiary/aromatic N) is 1. The Kier molecular flexibility index (Phi) is 2.46. The predicted octanol–water partition coefficient (Wildman–Crippen LogP) is -0.348. The fraction of sp³-hybridized carbons (Fsp3) is 1.00. The van der Waals surface area contributed by atoms with Crippen molar-refractivity contribution in [2.24, 2.45) is 5.18 Å². The molecule has 0 bridgehead atoms. The van der Waals surface area contributed by atoms with Crippen LogP contribution < -0.4 is 0 Å². The average Bonchev–Trinajstić information content (AvgIpc) is 2.21. The summed E-state index contributed by atoms with van der Waals surface area (Å²) in [6.07, 6.45) is -1.15. The molecule has 1 rings (SSSR count). The highest BCUT2D eigenvalue weighted by molar-refractivity contribution is 5.03. The Bertz CT molecular complexity index is 182. The first-order valence-corrected chi connectivity index (χ1v) is 3.85. The Hall–Kier alpha value is -0.520. The summed E-state index contributed by atoms with van der Waals surface area (Å²) in [5.41, 5.74) is -1.35. The van der Waals surface area contributed by atoms with E-state index in [2.05, 4.69) is 5.18 Å². The molecule has 1 aliphatic rings. The molecule has 1 fully saturated rings. The maximum absolute atomic E-state index is 10.3. The van der Waals surface area contributed by atoms with Gasteiger partial charge in [0.2, 0.25) is 0 Å². The van der Waals surface area contributed by atoms with Gasteiger partial charge in [0, 0.05) is 0 Å². The van der Waals surface area contributed by atoms with Crippen molar-refractivity contribution in [2.45, 2.75) is 37.7 Å².